The number of rotatable bonds is 11. The summed E-state index contributed by atoms with van der Waals surface area (Å²) in [6, 6.07) is -0.701. The van der Waals surface area contributed by atoms with E-state index in [1.807, 2.05) is 13.8 Å². The molecule has 0 aromatic heterocycles. The fraction of sp³-hybridized carbons (Fsp3) is 0.889. The van der Waals surface area contributed by atoms with Crippen molar-refractivity contribution < 1.29 is 24.9 Å². The van der Waals surface area contributed by atoms with Gasteiger partial charge in [-0.1, -0.05) is 33.1 Å². The van der Waals surface area contributed by atoms with E-state index in [4.69, 9.17) is 15.9 Å². The van der Waals surface area contributed by atoms with E-state index in [0.717, 1.165) is 32.1 Å². The number of unbranched alkanes of at least 4 members (excludes halogenated alkanes) is 4. The fourth-order valence-electron chi connectivity index (χ4n) is 3.31. The number of carbonyl (C=O) groups excluding carboxylic acids is 1. The normalized spacial score (nSPS) is 28.1. The lowest BCUT2D eigenvalue weighted by atomic mass is 9.87. The predicted octanol–water partition coefficient (Wildman–Crippen LogP) is -0.568. The summed E-state index contributed by atoms with van der Waals surface area (Å²) >= 11 is 0. The van der Waals surface area contributed by atoms with Crippen molar-refractivity contribution in [2.24, 2.45) is 11.7 Å². The number of nitrogens with two attached hydrogens (primary N) is 1. The Morgan fingerprint density at radius 3 is 2.37 bits per heavy atom. The summed E-state index contributed by atoms with van der Waals surface area (Å²) in [5, 5.41) is 42.3. The molecule has 0 saturated carbocycles. The molecule has 1 rings (SSSR count). The Bertz CT molecular complexity index is 463. The molecule has 0 aromatic rings. The lowest BCUT2D eigenvalue weighted by Gasteiger charge is -2.44. The third-order valence-corrected chi connectivity index (χ3v) is 4.85. The number of ether oxygens (including phenoxy) is 1. The highest BCUT2D eigenvalue weighted by molar-refractivity contribution is 5.76. The first-order chi connectivity index (χ1) is 12.8. The van der Waals surface area contributed by atoms with E-state index in [1.165, 1.54) is 0 Å². The summed E-state index contributed by atoms with van der Waals surface area (Å²) in [5.74, 6) is -0.188. The van der Waals surface area contributed by atoms with Gasteiger partial charge in [-0.3, -0.25) is 10.2 Å². The zero-order chi connectivity index (χ0) is 20.4. The van der Waals surface area contributed by atoms with Crippen molar-refractivity contribution in [3.63, 3.8) is 0 Å². The zero-order valence-electron chi connectivity index (χ0n) is 16.4. The Balaban J connectivity index is 2.33. The van der Waals surface area contributed by atoms with Crippen LogP contribution in [0.5, 0.6) is 0 Å². The number of aliphatic hydroxyl groups is 3. The topological polar surface area (TPSA) is 161 Å². The highest BCUT2D eigenvalue weighted by atomic mass is 16.5. The smallest absolute Gasteiger partial charge is 0.220 e. The van der Waals surface area contributed by atoms with E-state index in [1.54, 1.807) is 0 Å². The Hall–Kier alpha value is -1.42. The van der Waals surface area contributed by atoms with Gasteiger partial charge in [-0.2, -0.15) is 0 Å². The monoisotopic (exact) mass is 388 g/mol. The summed E-state index contributed by atoms with van der Waals surface area (Å²) < 4.78 is 5.69. The molecule has 5 unspecified atom stereocenters. The van der Waals surface area contributed by atoms with Gasteiger partial charge < -0.3 is 36.4 Å². The maximum absolute atomic E-state index is 12.2. The summed E-state index contributed by atoms with van der Waals surface area (Å²) in [6.45, 7) is 4.11. The molecule has 8 N–H and O–H groups in total. The molecule has 0 radical (unpaired) electrons. The van der Waals surface area contributed by atoms with Crippen LogP contribution in [0.1, 0.15) is 52.4 Å². The molecule has 9 nitrogen and oxygen atoms in total. The second-order valence-electron chi connectivity index (χ2n) is 7.50. The van der Waals surface area contributed by atoms with Gasteiger partial charge in [0.1, 0.15) is 18.3 Å². The van der Waals surface area contributed by atoms with E-state index >= 15 is 0 Å². The summed E-state index contributed by atoms with van der Waals surface area (Å²) in [7, 11) is 0. The van der Waals surface area contributed by atoms with Gasteiger partial charge in [0.25, 0.3) is 0 Å². The van der Waals surface area contributed by atoms with Gasteiger partial charge in [0.2, 0.25) is 5.91 Å². The van der Waals surface area contributed by atoms with Crippen LogP contribution in [0.4, 0.5) is 0 Å². The number of aliphatic hydroxyl groups excluding tert-OH is 3. The van der Waals surface area contributed by atoms with Crippen LogP contribution in [0.2, 0.25) is 0 Å². The summed E-state index contributed by atoms with van der Waals surface area (Å²) in [5.41, 5.74) is 5.20. The average Bonchev–Trinajstić information content (AvgIpc) is 2.61. The second-order valence-corrected chi connectivity index (χ2v) is 7.50. The fourth-order valence-corrected chi connectivity index (χ4v) is 3.31. The molecule has 0 spiro atoms. The van der Waals surface area contributed by atoms with Crippen LogP contribution in [0.15, 0.2) is 0 Å². The van der Waals surface area contributed by atoms with Crippen molar-refractivity contribution in [2.75, 3.05) is 13.2 Å². The first-order valence-corrected chi connectivity index (χ1v) is 9.77. The first kappa shape index (κ1) is 23.6. The van der Waals surface area contributed by atoms with Crippen LogP contribution < -0.4 is 16.4 Å². The molecule has 1 heterocycles. The van der Waals surface area contributed by atoms with E-state index in [-0.39, 0.29) is 24.4 Å². The van der Waals surface area contributed by atoms with E-state index in [9.17, 15) is 20.1 Å². The molecule has 1 amide bonds. The number of hydrogen-bond donors (Lipinski definition) is 7. The Morgan fingerprint density at radius 2 is 1.78 bits per heavy atom. The summed E-state index contributed by atoms with van der Waals surface area (Å²) in [6.07, 6.45) is 1.19. The summed E-state index contributed by atoms with van der Waals surface area (Å²) in [4.78, 5) is 12.2. The van der Waals surface area contributed by atoms with Crippen molar-refractivity contribution in [3.8, 4) is 0 Å². The number of carbonyl (C=O) groups is 1. The molecule has 1 saturated heterocycles. The molecule has 9 heteroatoms. The molecular formula is C18H36N4O5. The minimum atomic E-state index is -1.24. The van der Waals surface area contributed by atoms with Gasteiger partial charge in [0, 0.05) is 13.0 Å². The molecule has 0 aliphatic carbocycles. The third-order valence-electron chi connectivity index (χ3n) is 4.85. The molecule has 1 fully saturated rings. The number of amides is 1. The minimum absolute atomic E-state index is 0.00936. The molecule has 5 atom stereocenters. The molecular weight excluding hydrogens is 352 g/mol. The van der Waals surface area contributed by atoms with Crippen LogP contribution >= 0.6 is 0 Å². The van der Waals surface area contributed by atoms with Crippen molar-refractivity contribution in [1.82, 2.24) is 10.6 Å². The van der Waals surface area contributed by atoms with Crippen molar-refractivity contribution >= 4 is 11.9 Å². The quantitative estimate of drug-likeness (QED) is 0.142. The SMILES string of the molecule is CC(C)C1OC(CO)C(O)C(O)C1NC(=O)CCCCCCCNC(=N)N. The van der Waals surface area contributed by atoms with Gasteiger partial charge >= 0.3 is 0 Å². The highest BCUT2D eigenvalue weighted by Gasteiger charge is 2.45. The molecule has 158 valence electrons. The van der Waals surface area contributed by atoms with Crippen LogP contribution in [-0.4, -0.2) is 70.8 Å². The molecule has 0 aromatic carbocycles. The van der Waals surface area contributed by atoms with Crippen LogP contribution in [0, 0.1) is 11.3 Å². The average molecular weight is 389 g/mol. The van der Waals surface area contributed by atoms with Gasteiger partial charge in [-0.15, -0.1) is 0 Å². The van der Waals surface area contributed by atoms with Crippen molar-refractivity contribution in [2.45, 2.75) is 82.8 Å². The lowest BCUT2D eigenvalue weighted by Crippen LogP contribution is -2.65. The third kappa shape index (κ3) is 8.00. The van der Waals surface area contributed by atoms with E-state index in [2.05, 4.69) is 10.6 Å². The van der Waals surface area contributed by atoms with Crippen molar-refractivity contribution in [1.29, 1.82) is 5.41 Å². The van der Waals surface area contributed by atoms with E-state index < -0.39 is 30.5 Å². The standard InChI is InChI=1S/C18H36N4O5/c1-11(2)17-14(16(26)15(25)12(10-23)27-17)22-13(24)8-6-4-3-5-7-9-21-18(19)20/h11-12,14-17,23,25-26H,3-10H2,1-2H3,(H,22,24)(H4,19,20,21). The maximum Gasteiger partial charge on any atom is 0.220 e. The van der Waals surface area contributed by atoms with Gasteiger partial charge in [-0.25, -0.2) is 0 Å². The largest absolute Gasteiger partial charge is 0.394 e. The Kier molecular flexibility index (Phi) is 10.6. The number of nitrogens with one attached hydrogen (secondary N) is 3. The minimum Gasteiger partial charge on any atom is -0.394 e. The van der Waals surface area contributed by atoms with Gasteiger partial charge in [0.15, 0.2) is 5.96 Å². The van der Waals surface area contributed by atoms with Gasteiger partial charge in [0.05, 0.1) is 18.8 Å². The highest BCUT2D eigenvalue weighted by Crippen LogP contribution is 2.26. The van der Waals surface area contributed by atoms with E-state index in [0.29, 0.717) is 13.0 Å². The zero-order valence-corrected chi connectivity index (χ0v) is 16.4. The maximum atomic E-state index is 12.2. The van der Waals surface area contributed by atoms with Gasteiger partial charge in [-0.05, 0) is 18.8 Å². The van der Waals surface area contributed by atoms with Crippen LogP contribution in [0.25, 0.3) is 0 Å². The van der Waals surface area contributed by atoms with Crippen LogP contribution in [-0.2, 0) is 9.53 Å². The number of guanidine groups is 1. The lowest BCUT2D eigenvalue weighted by molar-refractivity contribution is -0.204. The predicted molar refractivity (Wildman–Crippen MR) is 102 cm³/mol. The molecule has 1 aliphatic rings. The van der Waals surface area contributed by atoms with Crippen molar-refractivity contribution in [3.05, 3.63) is 0 Å². The molecule has 0 bridgehead atoms. The first-order valence-electron chi connectivity index (χ1n) is 9.77. The Labute approximate surface area is 161 Å². The molecule has 1 aliphatic heterocycles. The second kappa shape index (κ2) is 12.1. The Morgan fingerprint density at radius 1 is 1.15 bits per heavy atom. The molecule has 27 heavy (non-hydrogen) atoms. The number of hydrogen-bond acceptors (Lipinski definition) is 6. The van der Waals surface area contributed by atoms with Crippen LogP contribution in [0.3, 0.4) is 0 Å².